The highest BCUT2D eigenvalue weighted by atomic mass is 16.5. The highest BCUT2D eigenvalue weighted by molar-refractivity contribution is 5.88. The summed E-state index contributed by atoms with van der Waals surface area (Å²) < 4.78 is 7.03. The first-order chi connectivity index (χ1) is 15.5. The monoisotopic (exact) mass is 432 g/mol. The van der Waals surface area contributed by atoms with E-state index in [0.29, 0.717) is 23.7 Å². The first-order valence-corrected chi connectivity index (χ1v) is 10.7. The van der Waals surface area contributed by atoms with Gasteiger partial charge >= 0.3 is 5.97 Å². The van der Waals surface area contributed by atoms with Crippen molar-refractivity contribution in [1.82, 2.24) is 14.5 Å². The Kier molecular flexibility index (Phi) is 4.88. The molecule has 2 fully saturated rings. The Morgan fingerprint density at radius 1 is 1.25 bits per heavy atom. The number of rotatable bonds is 4. The molecule has 2 heterocycles. The van der Waals surface area contributed by atoms with Crippen molar-refractivity contribution < 1.29 is 19.7 Å². The third-order valence-corrected chi connectivity index (χ3v) is 6.55. The lowest BCUT2D eigenvalue weighted by Crippen LogP contribution is -2.38. The summed E-state index contributed by atoms with van der Waals surface area (Å²) in [5.41, 5.74) is 0.388. The van der Waals surface area contributed by atoms with Gasteiger partial charge in [-0.3, -0.25) is 4.79 Å². The molecule has 8 heteroatoms. The first-order valence-electron chi connectivity index (χ1n) is 10.7. The van der Waals surface area contributed by atoms with Crippen LogP contribution in [0.3, 0.4) is 0 Å². The van der Waals surface area contributed by atoms with Crippen LogP contribution in [-0.4, -0.2) is 56.6 Å². The molecule has 3 aromatic rings. The van der Waals surface area contributed by atoms with E-state index >= 15 is 0 Å². The van der Waals surface area contributed by atoms with Gasteiger partial charge in [-0.15, -0.1) is 0 Å². The van der Waals surface area contributed by atoms with Crippen molar-refractivity contribution in [1.29, 1.82) is 0 Å². The van der Waals surface area contributed by atoms with Crippen molar-refractivity contribution in [3.05, 3.63) is 54.0 Å². The SMILES string of the molecule is CCOC(=O)[C@]12C[C@@H]1[C@@H](n1ccc3c(NC)nc(C#Cc4ccccc4)nc31)[C@H](O)[C@@H]2O. The van der Waals surface area contributed by atoms with E-state index in [2.05, 4.69) is 27.1 Å². The standard InChI is InChI=1S/C24H24N4O4/c1-3-32-23(31)24-13-16(24)18(19(29)20(24)30)28-12-11-15-21(25-2)26-17(27-22(15)28)10-9-14-7-5-4-6-8-14/h4-8,11-12,16,18-20,29-30H,3,13H2,1-2H3,(H,25,26,27)/t16-,18-,19+,20+,24-/m1/s1. The van der Waals surface area contributed by atoms with Crippen molar-refractivity contribution in [3.63, 3.8) is 0 Å². The van der Waals surface area contributed by atoms with Crippen LogP contribution in [0.5, 0.6) is 0 Å². The van der Waals surface area contributed by atoms with Crippen LogP contribution in [-0.2, 0) is 9.53 Å². The van der Waals surface area contributed by atoms with Crippen molar-refractivity contribution in [3.8, 4) is 11.8 Å². The Balaban J connectivity index is 1.56. The molecule has 0 amide bonds. The molecule has 0 aliphatic heterocycles. The second-order valence-electron chi connectivity index (χ2n) is 8.22. The maximum absolute atomic E-state index is 12.6. The molecule has 0 saturated heterocycles. The fourth-order valence-corrected chi connectivity index (χ4v) is 4.95. The fourth-order valence-electron chi connectivity index (χ4n) is 4.95. The van der Waals surface area contributed by atoms with E-state index in [1.54, 1.807) is 14.0 Å². The Labute approximate surface area is 185 Å². The predicted molar refractivity (Wildman–Crippen MR) is 118 cm³/mol. The molecule has 0 bridgehead atoms. The minimum atomic E-state index is -1.18. The number of aliphatic hydroxyl groups excluding tert-OH is 2. The number of nitrogens with one attached hydrogen (secondary N) is 1. The number of aliphatic hydroxyl groups is 2. The van der Waals surface area contributed by atoms with Crippen LogP contribution in [0.15, 0.2) is 42.6 Å². The van der Waals surface area contributed by atoms with Crippen LogP contribution in [0.1, 0.15) is 30.8 Å². The second kappa shape index (κ2) is 7.62. The van der Waals surface area contributed by atoms with E-state index in [4.69, 9.17) is 4.74 Å². The summed E-state index contributed by atoms with van der Waals surface area (Å²) in [7, 11) is 1.77. The zero-order valence-corrected chi connectivity index (χ0v) is 17.8. The van der Waals surface area contributed by atoms with Gasteiger partial charge in [0, 0.05) is 24.7 Å². The van der Waals surface area contributed by atoms with Gasteiger partial charge in [-0.1, -0.05) is 24.1 Å². The molecule has 0 spiro atoms. The van der Waals surface area contributed by atoms with Crippen LogP contribution < -0.4 is 5.32 Å². The van der Waals surface area contributed by atoms with E-state index in [1.807, 2.05) is 47.2 Å². The van der Waals surface area contributed by atoms with Gasteiger partial charge in [0.15, 0.2) is 0 Å². The molecule has 0 radical (unpaired) electrons. The summed E-state index contributed by atoms with van der Waals surface area (Å²) in [4.78, 5) is 21.7. The van der Waals surface area contributed by atoms with Gasteiger partial charge in [-0.2, -0.15) is 0 Å². The number of fused-ring (bicyclic) bond motifs is 2. The van der Waals surface area contributed by atoms with Crippen molar-refractivity contribution in [2.45, 2.75) is 31.6 Å². The highest BCUT2D eigenvalue weighted by Crippen LogP contribution is 2.68. The van der Waals surface area contributed by atoms with E-state index in [1.165, 1.54) is 0 Å². The van der Waals surface area contributed by atoms with E-state index in [9.17, 15) is 15.0 Å². The number of hydrogen-bond acceptors (Lipinski definition) is 7. The van der Waals surface area contributed by atoms with Crippen molar-refractivity contribution in [2.24, 2.45) is 11.3 Å². The number of anilines is 1. The number of nitrogens with zero attached hydrogens (tertiary/aromatic N) is 3. The average molecular weight is 432 g/mol. The van der Waals surface area contributed by atoms with Crippen LogP contribution in [0.4, 0.5) is 5.82 Å². The Bertz CT molecular complexity index is 1250. The number of benzene rings is 1. The van der Waals surface area contributed by atoms with Crippen molar-refractivity contribution >= 4 is 22.8 Å². The van der Waals surface area contributed by atoms with Gasteiger partial charge in [-0.05, 0) is 37.5 Å². The van der Waals surface area contributed by atoms with Gasteiger partial charge in [0.2, 0.25) is 5.82 Å². The van der Waals surface area contributed by atoms with Gasteiger partial charge in [0.25, 0.3) is 0 Å². The Morgan fingerprint density at radius 2 is 2.03 bits per heavy atom. The summed E-state index contributed by atoms with van der Waals surface area (Å²) >= 11 is 0. The molecular weight excluding hydrogens is 408 g/mol. The summed E-state index contributed by atoms with van der Waals surface area (Å²) in [6.45, 7) is 1.96. The van der Waals surface area contributed by atoms with Crippen molar-refractivity contribution in [2.75, 3.05) is 19.0 Å². The molecule has 2 aliphatic carbocycles. The third-order valence-electron chi connectivity index (χ3n) is 6.55. The number of aromatic nitrogens is 3. The summed E-state index contributed by atoms with van der Waals surface area (Å²) in [5.74, 6) is 6.35. The summed E-state index contributed by atoms with van der Waals surface area (Å²) in [6, 6.07) is 10.9. The average Bonchev–Trinajstić information content (AvgIpc) is 3.35. The van der Waals surface area contributed by atoms with E-state index in [-0.39, 0.29) is 12.5 Å². The topological polar surface area (TPSA) is 110 Å². The van der Waals surface area contributed by atoms with Crippen LogP contribution in [0, 0.1) is 23.2 Å². The molecule has 2 saturated carbocycles. The number of hydrogen-bond donors (Lipinski definition) is 3. The van der Waals surface area contributed by atoms with E-state index < -0.39 is 29.6 Å². The maximum atomic E-state index is 12.6. The molecule has 5 atom stereocenters. The van der Waals surface area contributed by atoms with Gasteiger partial charge in [-0.25, -0.2) is 9.97 Å². The Morgan fingerprint density at radius 3 is 2.75 bits per heavy atom. The summed E-state index contributed by atoms with van der Waals surface area (Å²) in [5, 5.41) is 25.4. The highest BCUT2D eigenvalue weighted by Gasteiger charge is 2.76. The normalized spacial score (nSPS) is 28.0. The molecule has 164 valence electrons. The third kappa shape index (κ3) is 2.97. The minimum absolute atomic E-state index is 0.228. The lowest BCUT2D eigenvalue weighted by Gasteiger charge is -2.24. The molecule has 1 aromatic carbocycles. The van der Waals surface area contributed by atoms with Crippen LogP contribution in [0.2, 0.25) is 0 Å². The number of esters is 1. The maximum Gasteiger partial charge on any atom is 0.315 e. The predicted octanol–water partition coefficient (Wildman–Crippen LogP) is 1.72. The molecule has 2 aliphatic rings. The number of carbonyl (C=O) groups excluding carboxylic acids is 1. The first kappa shape index (κ1) is 20.5. The molecular formula is C24H24N4O4. The molecule has 3 N–H and O–H groups in total. The summed E-state index contributed by atoms with van der Waals surface area (Å²) in [6.07, 6.45) is -0.00842. The van der Waals surface area contributed by atoms with Crippen LogP contribution >= 0.6 is 0 Å². The zero-order valence-electron chi connectivity index (χ0n) is 17.8. The zero-order chi connectivity index (χ0) is 22.5. The molecule has 2 aromatic heterocycles. The second-order valence-corrected chi connectivity index (χ2v) is 8.22. The Hall–Kier alpha value is -3.41. The minimum Gasteiger partial charge on any atom is -0.465 e. The quantitative estimate of drug-likeness (QED) is 0.425. The number of carbonyl (C=O) groups is 1. The van der Waals surface area contributed by atoms with Gasteiger partial charge in [0.05, 0.1) is 24.1 Å². The fraction of sp³-hybridized carbons (Fsp3) is 0.375. The molecule has 32 heavy (non-hydrogen) atoms. The molecule has 5 rings (SSSR count). The largest absolute Gasteiger partial charge is 0.465 e. The van der Waals surface area contributed by atoms with Gasteiger partial charge < -0.3 is 24.8 Å². The lowest BCUT2D eigenvalue weighted by molar-refractivity contribution is -0.156. The molecule has 8 nitrogen and oxygen atoms in total. The van der Waals surface area contributed by atoms with E-state index in [0.717, 1.165) is 10.9 Å². The number of ether oxygens (including phenoxy) is 1. The van der Waals surface area contributed by atoms with Gasteiger partial charge in [0.1, 0.15) is 23.0 Å². The van der Waals surface area contributed by atoms with Crippen LogP contribution in [0.25, 0.3) is 11.0 Å². The smallest absolute Gasteiger partial charge is 0.315 e. The lowest BCUT2D eigenvalue weighted by atomic mass is 9.99. The molecule has 0 unspecified atom stereocenters.